The molecule has 0 bridgehead atoms. The molecular formula is C11H14ClN3O. The molecule has 1 aromatic carbocycles. The lowest BCUT2D eigenvalue weighted by atomic mass is 10.1. The van der Waals surface area contributed by atoms with Gasteiger partial charge in [-0.15, -0.1) is 12.4 Å². The predicted octanol–water partition coefficient (Wildman–Crippen LogP) is 1.74. The molecule has 2 aromatic rings. The van der Waals surface area contributed by atoms with Crippen LogP contribution < -0.4 is 5.73 Å². The maximum absolute atomic E-state index is 5.37. The molecule has 0 saturated heterocycles. The molecular weight excluding hydrogens is 226 g/mol. The summed E-state index contributed by atoms with van der Waals surface area (Å²) in [5.41, 5.74) is 6.65. The van der Waals surface area contributed by atoms with E-state index in [2.05, 4.69) is 22.3 Å². The van der Waals surface area contributed by atoms with E-state index in [1.54, 1.807) is 0 Å². The lowest BCUT2D eigenvalue weighted by Gasteiger charge is -1.96. The Morgan fingerprint density at radius 3 is 2.50 bits per heavy atom. The number of hydrogen-bond donors (Lipinski definition) is 1. The van der Waals surface area contributed by atoms with Crippen LogP contribution in [0.2, 0.25) is 0 Å². The second-order valence-corrected chi connectivity index (χ2v) is 3.29. The summed E-state index contributed by atoms with van der Waals surface area (Å²) in [4.78, 5) is 4.14. The van der Waals surface area contributed by atoms with Crippen molar-refractivity contribution < 1.29 is 4.52 Å². The summed E-state index contributed by atoms with van der Waals surface area (Å²) in [6.45, 7) is 0.304. The molecule has 0 atom stereocenters. The van der Waals surface area contributed by atoms with Gasteiger partial charge < -0.3 is 10.3 Å². The highest BCUT2D eigenvalue weighted by atomic mass is 35.5. The Bertz CT molecular complexity index is 416. The highest BCUT2D eigenvalue weighted by Gasteiger charge is 2.04. The van der Waals surface area contributed by atoms with Crippen LogP contribution in [0.1, 0.15) is 17.3 Å². The summed E-state index contributed by atoms with van der Waals surface area (Å²) >= 11 is 0. The molecule has 0 saturated carbocycles. The van der Waals surface area contributed by atoms with Gasteiger partial charge in [-0.2, -0.15) is 4.98 Å². The molecule has 16 heavy (non-hydrogen) atoms. The van der Waals surface area contributed by atoms with Crippen LogP contribution in [0.4, 0.5) is 0 Å². The summed E-state index contributed by atoms with van der Waals surface area (Å²) in [6, 6.07) is 10.2. The van der Waals surface area contributed by atoms with E-state index in [1.807, 2.05) is 18.2 Å². The van der Waals surface area contributed by atoms with Crippen molar-refractivity contribution in [1.82, 2.24) is 10.1 Å². The third-order valence-corrected chi connectivity index (χ3v) is 2.16. The Morgan fingerprint density at radius 2 is 1.88 bits per heavy atom. The average Bonchev–Trinajstić information content (AvgIpc) is 2.76. The van der Waals surface area contributed by atoms with E-state index in [-0.39, 0.29) is 12.4 Å². The normalized spacial score (nSPS) is 9.81. The minimum absolute atomic E-state index is 0. The predicted molar refractivity (Wildman–Crippen MR) is 63.3 cm³/mol. The number of nitrogens with two attached hydrogens (primary N) is 1. The van der Waals surface area contributed by atoms with Gasteiger partial charge in [0.1, 0.15) is 0 Å². The van der Waals surface area contributed by atoms with Crippen LogP contribution in [0.5, 0.6) is 0 Å². The number of halogens is 1. The summed E-state index contributed by atoms with van der Waals surface area (Å²) in [6.07, 6.45) is 1.71. The lowest BCUT2D eigenvalue weighted by Crippen LogP contribution is -1.97. The molecule has 0 fully saturated rings. The summed E-state index contributed by atoms with van der Waals surface area (Å²) in [7, 11) is 0. The third-order valence-electron chi connectivity index (χ3n) is 2.16. The van der Waals surface area contributed by atoms with E-state index in [1.165, 1.54) is 5.56 Å². The standard InChI is InChI=1S/C11H13N3O.ClH/c12-8-11-13-10(14-15-11)7-6-9-4-2-1-3-5-9;/h1-5H,6-8,12H2;1H. The molecule has 0 aliphatic heterocycles. The van der Waals surface area contributed by atoms with Crippen molar-refractivity contribution in [3.05, 3.63) is 47.6 Å². The van der Waals surface area contributed by atoms with Gasteiger partial charge in [-0.25, -0.2) is 0 Å². The second-order valence-electron chi connectivity index (χ2n) is 3.29. The molecule has 0 aliphatic rings. The monoisotopic (exact) mass is 239 g/mol. The van der Waals surface area contributed by atoms with E-state index in [0.717, 1.165) is 18.7 Å². The van der Waals surface area contributed by atoms with E-state index < -0.39 is 0 Å². The Kier molecular flexibility index (Phi) is 4.95. The summed E-state index contributed by atoms with van der Waals surface area (Å²) < 4.78 is 4.92. The Morgan fingerprint density at radius 1 is 1.12 bits per heavy atom. The molecule has 1 heterocycles. The van der Waals surface area contributed by atoms with E-state index >= 15 is 0 Å². The van der Waals surface area contributed by atoms with Gasteiger partial charge in [0.25, 0.3) is 0 Å². The van der Waals surface area contributed by atoms with Crippen LogP contribution in [-0.2, 0) is 19.4 Å². The quantitative estimate of drug-likeness (QED) is 0.883. The van der Waals surface area contributed by atoms with E-state index in [9.17, 15) is 0 Å². The van der Waals surface area contributed by atoms with Gasteiger partial charge in [-0.3, -0.25) is 0 Å². The summed E-state index contributed by atoms with van der Waals surface area (Å²) in [5.74, 6) is 1.22. The molecule has 86 valence electrons. The van der Waals surface area contributed by atoms with Crippen molar-refractivity contribution in [2.75, 3.05) is 0 Å². The van der Waals surface area contributed by atoms with Crippen LogP contribution in [0, 0.1) is 0 Å². The fourth-order valence-electron chi connectivity index (χ4n) is 1.38. The Hall–Kier alpha value is -1.39. The van der Waals surface area contributed by atoms with Gasteiger partial charge in [-0.1, -0.05) is 35.5 Å². The van der Waals surface area contributed by atoms with Crippen molar-refractivity contribution in [3.8, 4) is 0 Å². The number of hydrogen-bond acceptors (Lipinski definition) is 4. The number of nitrogens with zero attached hydrogens (tertiary/aromatic N) is 2. The SMILES string of the molecule is Cl.NCc1nc(CCc2ccccc2)no1. The van der Waals surface area contributed by atoms with Gasteiger partial charge in [-0.05, 0) is 12.0 Å². The van der Waals surface area contributed by atoms with Crippen molar-refractivity contribution in [2.24, 2.45) is 5.73 Å². The summed E-state index contributed by atoms with van der Waals surface area (Å²) in [5, 5.41) is 3.84. The first-order chi connectivity index (χ1) is 7.38. The number of aryl methyl sites for hydroxylation is 2. The number of rotatable bonds is 4. The van der Waals surface area contributed by atoms with Crippen LogP contribution in [0.3, 0.4) is 0 Å². The highest BCUT2D eigenvalue weighted by molar-refractivity contribution is 5.85. The van der Waals surface area contributed by atoms with Crippen molar-refractivity contribution in [1.29, 1.82) is 0 Å². The van der Waals surface area contributed by atoms with Crippen molar-refractivity contribution in [2.45, 2.75) is 19.4 Å². The molecule has 5 heteroatoms. The molecule has 0 unspecified atom stereocenters. The Balaban J connectivity index is 0.00000128. The molecule has 0 spiro atoms. The fraction of sp³-hybridized carbons (Fsp3) is 0.273. The average molecular weight is 240 g/mol. The smallest absolute Gasteiger partial charge is 0.240 e. The maximum Gasteiger partial charge on any atom is 0.240 e. The topological polar surface area (TPSA) is 64.9 Å². The lowest BCUT2D eigenvalue weighted by molar-refractivity contribution is 0.374. The number of benzene rings is 1. The van der Waals surface area contributed by atoms with Gasteiger partial charge in [0.2, 0.25) is 5.89 Å². The number of aromatic nitrogens is 2. The van der Waals surface area contributed by atoms with Gasteiger partial charge in [0, 0.05) is 6.42 Å². The zero-order chi connectivity index (χ0) is 10.5. The van der Waals surface area contributed by atoms with Crippen molar-refractivity contribution >= 4 is 12.4 Å². The van der Waals surface area contributed by atoms with Gasteiger partial charge >= 0.3 is 0 Å². The Labute approximate surface area is 100 Å². The molecule has 0 radical (unpaired) electrons. The minimum Gasteiger partial charge on any atom is -0.338 e. The molecule has 2 rings (SSSR count). The molecule has 4 nitrogen and oxygen atoms in total. The van der Waals surface area contributed by atoms with Crippen LogP contribution in [-0.4, -0.2) is 10.1 Å². The van der Waals surface area contributed by atoms with E-state index in [4.69, 9.17) is 10.3 Å². The zero-order valence-electron chi connectivity index (χ0n) is 8.80. The zero-order valence-corrected chi connectivity index (χ0v) is 9.61. The van der Waals surface area contributed by atoms with Crippen LogP contribution in [0.15, 0.2) is 34.9 Å². The maximum atomic E-state index is 5.37. The minimum atomic E-state index is 0. The van der Waals surface area contributed by atoms with Crippen LogP contribution in [0.25, 0.3) is 0 Å². The second kappa shape index (κ2) is 6.25. The highest BCUT2D eigenvalue weighted by Crippen LogP contribution is 2.04. The van der Waals surface area contributed by atoms with Crippen LogP contribution >= 0.6 is 12.4 Å². The molecule has 0 amide bonds. The largest absolute Gasteiger partial charge is 0.338 e. The molecule has 1 aromatic heterocycles. The van der Waals surface area contributed by atoms with Crippen molar-refractivity contribution in [3.63, 3.8) is 0 Å². The first-order valence-corrected chi connectivity index (χ1v) is 4.94. The van der Waals surface area contributed by atoms with E-state index in [0.29, 0.717) is 12.4 Å². The third kappa shape index (κ3) is 3.32. The van der Waals surface area contributed by atoms with Gasteiger partial charge in [0.15, 0.2) is 5.82 Å². The molecule has 0 aliphatic carbocycles. The fourth-order valence-corrected chi connectivity index (χ4v) is 1.38. The van der Waals surface area contributed by atoms with Gasteiger partial charge in [0.05, 0.1) is 6.54 Å². The molecule has 2 N–H and O–H groups in total. The first-order valence-electron chi connectivity index (χ1n) is 4.94. The first kappa shape index (κ1) is 12.7.